The lowest BCUT2D eigenvalue weighted by Gasteiger charge is -2.35. The number of hydrogen-bond donors (Lipinski definition) is 2. The number of aliphatic hydroxyl groups excluding tert-OH is 1. The van der Waals surface area contributed by atoms with Gasteiger partial charge in [-0.25, -0.2) is 12.8 Å². The molecule has 13 heteroatoms. The van der Waals surface area contributed by atoms with Gasteiger partial charge in [0.2, 0.25) is 10.0 Å². The predicted octanol–water partition coefficient (Wildman–Crippen LogP) is 4.59. The number of carbonyl (C=O) groups excluding carboxylic acids is 2. The molecule has 47 heavy (non-hydrogen) atoms. The van der Waals surface area contributed by atoms with Crippen LogP contribution in [0.25, 0.3) is 0 Å². The quantitative estimate of drug-likeness (QED) is 0.355. The number of pyridine rings is 1. The first-order chi connectivity index (χ1) is 22.4. The van der Waals surface area contributed by atoms with Gasteiger partial charge in [0.25, 0.3) is 11.8 Å². The molecule has 0 radical (unpaired) electrons. The molecule has 11 nitrogen and oxygen atoms in total. The van der Waals surface area contributed by atoms with Gasteiger partial charge in [-0.1, -0.05) is 6.92 Å². The maximum Gasteiger partial charge on any atom is 0.258 e. The van der Waals surface area contributed by atoms with Crippen molar-refractivity contribution >= 4 is 27.5 Å². The Kier molecular flexibility index (Phi) is 12.4. The fourth-order valence-electron chi connectivity index (χ4n) is 5.31. The van der Waals surface area contributed by atoms with Crippen molar-refractivity contribution < 1.29 is 37.0 Å². The average molecular weight is 671 g/mol. The number of sulfonamides is 1. The van der Waals surface area contributed by atoms with E-state index in [1.54, 1.807) is 37.3 Å². The SMILES string of the molecule is C[C@@H]1CN([C@@H](C)CO)C(=O)c2cc(NC(=O)c3ccncc3)ccc2O[C@@H](C)CCCCO[C@@H]1CN(C)S(=O)(=O)c1ccc(F)cc1. The van der Waals surface area contributed by atoms with Gasteiger partial charge >= 0.3 is 0 Å². The highest BCUT2D eigenvalue weighted by molar-refractivity contribution is 7.89. The highest BCUT2D eigenvalue weighted by Crippen LogP contribution is 2.29. The van der Waals surface area contributed by atoms with Crippen LogP contribution in [0.5, 0.6) is 5.75 Å². The summed E-state index contributed by atoms with van der Waals surface area (Å²) in [6.07, 6.45) is 4.31. The number of carbonyl (C=O) groups is 2. The third kappa shape index (κ3) is 9.34. The van der Waals surface area contributed by atoms with E-state index >= 15 is 0 Å². The second-order valence-electron chi connectivity index (χ2n) is 11.9. The average Bonchev–Trinajstić information content (AvgIpc) is 3.06. The Hall–Kier alpha value is -3.91. The zero-order valence-corrected chi connectivity index (χ0v) is 28.0. The van der Waals surface area contributed by atoms with Crippen LogP contribution in [0, 0.1) is 11.7 Å². The van der Waals surface area contributed by atoms with Crippen molar-refractivity contribution in [1.82, 2.24) is 14.2 Å². The summed E-state index contributed by atoms with van der Waals surface area (Å²) in [5.41, 5.74) is 0.996. The largest absolute Gasteiger partial charge is 0.490 e. The molecule has 0 spiro atoms. The first-order valence-electron chi connectivity index (χ1n) is 15.7. The van der Waals surface area contributed by atoms with Crippen molar-refractivity contribution in [2.45, 2.75) is 63.2 Å². The number of ether oxygens (including phenoxy) is 2. The summed E-state index contributed by atoms with van der Waals surface area (Å²) in [6, 6.07) is 12.1. The Morgan fingerprint density at radius 3 is 2.51 bits per heavy atom. The number of benzene rings is 2. The number of amides is 2. The van der Waals surface area contributed by atoms with Gasteiger partial charge in [0.05, 0.1) is 35.3 Å². The van der Waals surface area contributed by atoms with E-state index in [-0.39, 0.29) is 48.1 Å². The third-order valence-corrected chi connectivity index (χ3v) is 10.0. The molecule has 2 aromatic carbocycles. The highest BCUT2D eigenvalue weighted by atomic mass is 32.2. The van der Waals surface area contributed by atoms with Crippen LogP contribution in [0.2, 0.25) is 0 Å². The van der Waals surface area contributed by atoms with Crippen molar-refractivity contribution in [2.24, 2.45) is 5.92 Å². The Bertz CT molecular complexity index is 1610. The molecule has 3 aromatic rings. The van der Waals surface area contributed by atoms with Crippen LogP contribution in [-0.2, 0) is 14.8 Å². The van der Waals surface area contributed by atoms with Crippen molar-refractivity contribution in [1.29, 1.82) is 0 Å². The second kappa shape index (κ2) is 16.3. The number of fused-ring (bicyclic) bond motifs is 1. The van der Waals surface area contributed by atoms with Crippen molar-refractivity contribution in [3.63, 3.8) is 0 Å². The van der Waals surface area contributed by atoms with Crippen molar-refractivity contribution in [3.05, 3.63) is 83.9 Å². The summed E-state index contributed by atoms with van der Waals surface area (Å²) in [7, 11) is -2.51. The van der Waals surface area contributed by atoms with E-state index in [9.17, 15) is 27.5 Å². The van der Waals surface area contributed by atoms with E-state index in [0.29, 0.717) is 36.4 Å². The summed E-state index contributed by atoms with van der Waals surface area (Å²) in [6.45, 7) is 5.64. The Labute approximate surface area is 275 Å². The molecule has 1 aromatic heterocycles. The lowest BCUT2D eigenvalue weighted by Crippen LogP contribution is -2.48. The van der Waals surface area contributed by atoms with Gasteiger partial charge in [0, 0.05) is 56.3 Å². The normalized spacial score (nSPS) is 20.5. The van der Waals surface area contributed by atoms with Crippen LogP contribution in [0.15, 0.2) is 71.9 Å². The van der Waals surface area contributed by atoms with E-state index in [4.69, 9.17) is 9.47 Å². The van der Waals surface area contributed by atoms with Crippen LogP contribution in [0.3, 0.4) is 0 Å². The van der Waals surface area contributed by atoms with E-state index in [0.717, 1.165) is 18.6 Å². The molecule has 0 bridgehead atoms. The molecular weight excluding hydrogens is 627 g/mol. The van der Waals surface area contributed by atoms with Crippen LogP contribution >= 0.6 is 0 Å². The van der Waals surface area contributed by atoms with E-state index in [2.05, 4.69) is 10.3 Å². The lowest BCUT2D eigenvalue weighted by molar-refractivity contribution is -0.00834. The summed E-state index contributed by atoms with van der Waals surface area (Å²) >= 11 is 0. The van der Waals surface area contributed by atoms with Crippen LogP contribution in [0.1, 0.15) is 60.7 Å². The predicted molar refractivity (Wildman–Crippen MR) is 175 cm³/mol. The molecule has 1 aliphatic rings. The minimum absolute atomic E-state index is 0.0162. The Morgan fingerprint density at radius 2 is 1.83 bits per heavy atom. The fraction of sp³-hybridized carbons (Fsp3) is 0.441. The van der Waals surface area contributed by atoms with Gasteiger partial charge in [-0.15, -0.1) is 0 Å². The molecule has 0 unspecified atom stereocenters. The van der Waals surface area contributed by atoms with Crippen molar-refractivity contribution in [3.8, 4) is 5.75 Å². The zero-order valence-electron chi connectivity index (χ0n) is 27.1. The van der Waals surface area contributed by atoms with Gasteiger partial charge < -0.3 is 24.8 Å². The second-order valence-corrected chi connectivity index (χ2v) is 14.0. The minimum Gasteiger partial charge on any atom is -0.490 e. The molecule has 4 rings (SSSR count). The highest BCUT2D eigenvalue weighted by Gasteiger charge is 2.32. The number of aliphatic hydroxyl groups is 1. The molecule has 0 saturated heterocycles. The first-order valence-corrected chi connectivity index (χ1v) is 17.1. The number of likely N-dealkylation sites (N-methyl/N-ethyl adjacent to an activating group) is 1. The number of hydrogen-bond acceptors (Lipinski definition) is 8. The van der Waals surface area contributed by atoms with E-state index in [1.165, 1.54) is 40.8 Å². The molecule has 0 aliphatic carbocycles. The third-order valence-electron chi connectivity index (χ3n) is 8.21. The summed E-state index contributed by atoms with van der Waals surface area (Å²) in [4.78, 5) is 32.6. The molecule has 2 amide bonds. The minimum atomic E-state index is -3.96. The molecule has 0 fully saturated rings. The van der Waals surface area contributed by atoms with Gasteiger partial charge in [0.1, 0.15) is 11.6 Å². The molecule has 4 atom stereocenters. The topological polar surface area (TPSA) is 138 Å². The molecule has 1 aliphatic heterocycles. The summed E-state index contributed by atoms with van der Waals surface area (Å²) < 4.78 is 53.8. The Morgan fingerprint density at radius 1 is 1.13 bits per heavy atom. The monoisotopic (exact) mass is 670 g/mol. The van der Waals surface area contributed by atoms with Gasteiger partial charge in [-0.05, 0) is 87.7 Å². The van der Waals surface area contributed by atoms with Crippen molar-refractivity contribution in [2.75, 3.05) is 38.7 Å². The number of anilines is 1. The van der Waals surface area contributed by atoms with Crippen LogP contribution < -0.4 is 10.1 Å². The van der Waals surface area contributed by atoms with Gasteiger partial charge in [0.15, 0.2) is 0 Å². The zero-order chi connectivity index (χ0) is 34.1. The smallest absolute Gasteiger partial charge is 0.258 e. The van der Waals surface area contributed by atoms with Gasteiger partial charge in [-0.2, -0.15) is 4.31 Å². The van der Waals surface area contributed by atoms with Gasteiger partial charge in [-0.3, -0.25) is 14.6 Å². The maximum absolute atomic E-state index is 14.3. The molecule has 2 heterocycles. The number of nitrogens with one attached hydrogen (secondary N) is 1. The van der Waals surface area contributed by atoms with E-state index < -0.39 is 33.9 Å². The van der Waals surface area contributed by atoms with E-state index in [1.807, 2.05) is 13.8 Å². The number of halogens is 1. The Balaban J connectivity index is 1.65. The standard InChI is InChI=1S/C34H43FN4O7S/c1-23-20-39(24(2)22-40)34(42)30-19-28(37-33(41)26-14-16-36-17-15-26)10-13-31(30)46-25(3)7-5-6-18-45-32(23)21-38(4)47(43,44)29-11-8-27(35)9-12-29/h8-17,19,23-25,32,40H,5-7,18,20-22H2,1-4H3,(H,37,41)/t23-,24+,25+,32-/m1/s1. The number of aromatic nitrogens is 1. The first kappa shape index (κ1) is 35.9. The van der Waals surface area contributed by atoms with Crippen LogP contribution in [0.4, 0.5) is 10.1 Å². The fourth-order valence-corrected chi connectivity index (χ4v) is 6.49. The molecule has 0 saturated carbocycles. The number of nitrogens with zero attached hydrogens (tertiary/aromatic N) is 3. The molecule has 254 valence electrons. The summed E-state index contributed by atoms with van der Waals surface area (Å²) in [5, 5.41) is 13.0. The summed E-state index contributed by atoms with van der Waals surface area (Å²) in [5.74, 6) is -1.36. The lowest BCUT2D eigenvalue weighted by atomic mass is 10.0. The maximum atomic E-state index is 14.3. The van der Waals surface area contributed by atoms with Crippen LogP contribution in [-0.4, -0.2) is 91.1 Å². The molecular formula is C34H43FN4O7S. The molecule has 2 N–H and O–H groups in total. The number of rotatable bonds is 8.